The average molecular weight is 214 g/mol. The molecule has 88 valence electrons. The van der Waals surface area contributed by atoms with E-state index in [-0.39, 0.29) is 12.0 Å². The SMILES string of the molecule is CCCCOC(=O)C(CC)N=CN(C)C. The lowest BCUT2D eigenvalue weighted by Gasteiger charge is -2.11. The largest absolute Gasteiger partial charge is 0.464 e. The van der Waals surface area contributed by atoms with Crippen LogP contribution in [0.4, 0.5) is 0 Å². The van der Waals surface area contributed by atoms with Crippen LogP contribution in [0.25, 0.3) is 0 Å². The van der Waals surface area contributed by atoms with Crippen LogP contribution in [0.1, 0.15) is 33.1 Å². The van der Waals surface area contributed by atoms with E-state index in [4.69, 9.17) is 4.74 Å². The van der Waals surface area contributed by atoms with Gasteiger partial charge in [-0.3, -0.25) is 4.99 Å². The van der Waals surface area contributed by atoms with Gasteiger partial charge < -0.3 is 9.64 Å². The minimum atomic E-state index is -0.357. The van der Waals surface area contributed by atoms with Crippen LogP contribution in [0.2, 0.25) is 0 Å². The van der Waals surface area contributed by atoms with Gasteiger partial charge in [0, 0.05) is 14.1 Å². The molecule has 4 heteroatoms. The molecule has 0 rings (SSSR count). The molecule has 0 bridgehead atoms. The second-order valence-corrected chi connectivity index (χ2v) is 3.67. The molecule has 0 fully saturated rings. The van der Waals surface area contributed by atoms with Crippen LogP contribution < -0.4 is 0 Å². The smallest absolute Gasteiger partial charge is 0.330 e. The van der Waals surface area contributed by atoms with Gasteiger partial charge >= 0.3 is 5.97 Å². The van der Waals surface area contributed by atoms with Crippen LogP contribution in [0.3, 0.4) is 0 Å². The monoisotopic (exact) mass is 214 g/mol. The molecule has 0 amide bonds. The maximum Gasteiger partial charge on any atom is 0.330 e. The Hall–Kier alpha value is -1.06. The summed E-state index contributed by atoms with van der Waals surface area (Å²) in [5.74, 6) is -0.218. The van der Waals surface area contributed by atoms with E-state index in [9.17, 15) is 4.79 Å². The van der Waals surface area contributed by atoms with Crippen molar-refractivity contribution >= 4 is 12.3 Å². The van der Waals surface area contributed by atoms with Crippen molar-refractivity contribution < 1.29 is 9.53 Å². The summed E-state index contributed by atoms with van der Waals surface area (Å²) in [6.07, 6.45) is 4.27. The summed E-state index contributed by atoms with van der Waals surface area (Å²) in [6, 6.07) is -0.357. The van der Waals surface area contributed by atoms with Crippen molar-refractivity contribution in [1.82, 2.24) is 4.90 Å². The first-order chi connectivity index (χ1) is 7.11. The predicted octanol–water partition coefficient (Wildman–Crippen LogP) is 1.70. The van der Waals surface area contributed by atoms with E-state index in [2.05, 4.69) is 11.9 Å². The molecule has 0 aliphatic rings. The number of nitrogens with zero attached hydrogens (tertiary/aromatic N) is 2. The number of hydrogen-bond acceptors (Lipinski definition) is 3. The Morgan fingerprint density at radius 1 is 1.47 bits per heavy atom. The maximum absolute atomic E-state index is 11.5. The molecule has 0 saturated carbocycles. The van der Waals surface area contributed by atoms with Gasteiger partial charge in [0.1, 0.15) is 6.04 Å². The molecular weight excluding hydrogens is 192 g/mol. The Labute approximate surface area is 92.3 Å². The van der Waals surface area contributed by atoms with Crippen LogP contribution in [-0.4, -0.2) is 44.0 Å². The van der Waals surface area contributed by atoms with Crippen molar-refractivity contribution in [2.75, 3.05) is 20.7 Å². The Morgan fingerprint density at radius 2 is 2.13 bits per heavy atom. The number of ether oxygens (including phenoxy) is 1. The summed E-state index contributed by atoms with van der Waals surface area (Å²) in [6.45, 7) is 4.50. The van der Waals surface area contributed by atoms with Gasteiger partial charge in [-0.2, -0.15) is 0 Å². The van der Waals surface area contributed by atoms with E-state index in [1.54, 1.807) is 6.34 Å². The molecule has 0 aliphatic carbocycles. The van der Waals surface area contributed by atoms with Crippen LogP contribution in [0, 0.1) is 0 Å². The number of aliphatic imine (C=N–C) groups is 1. The third-order valence-electron chi connectivity index (χ3n) is 1.88. The number of esters is 1. The molecule has 0 N–H and O–H groups in total. The van der Waals surface area contributed by atoms with Gasteiger partial charge in [-0.05, 0) is 12.8 Å². The molecule has 0 saturated heterocycles. The molecule has 0 heterocycles. The molecule has 1 atom stereocenters. The van der Waals surface area contributed by atoms with Gasteiger partial charge in [0.2, 0.25) is 0 Å². The highest BCUT2D eigenvalue weighted by atomic mass is 16.5. The highest BCUT2D eigenvalue weighted by Crippen LogP contribution is 2.01. The second kappa shape index (κ2) is 8.26. The van der Waals surface area contributed by atoms with Crippen LogP contribution in [0.15, 0.2) is 4.99 Å². The van der Waals surface area contributed by atoms with Crippen LogP contribution >= 0.6 is 0 Å². The molecule has 0 aromatic carbocycles. The van der Waals surface area contributed by atoms with Crippen molar-refractivity contribution in [3.05, 3.63) is 0 Å². The fourth-order valence-electron chi connectivity index (χ4n) is 0.960. The van der Waals surface area contributed by atoms with Gasteiger partial charge in [0.05, 0.1) is 12.9 Å². The minimum absolute atomic E-state index is 0.218. The molecule has 0 aromatic rings. The third kappa shape index (κ3) is 6.94. The molecule has 0 spiro atoms. The van der Waals surface area contributed by atoms with Gasteiger partial charge in [-0.15, -0.1) is 0 Å². The number of rotatable bonds is 7. The molecule has 15 heavy (non-hydrogen) atoms. The van der Waals surface area contributed by atoms with Crippen molar-refractivity contribution in [3.8, 4) is 0 Å². The van der Waals surface area contributed by atoms with Crippen molar-refractivity contribution in [2.45, 2.75) is 39.2 Å². The van der Waals surface area contributed by atoms with E-state index < -0.39 is 0 Å². The fourth-order valence-corrected chi connectivity index (χ4v) is 0.960. The highest BCUT2D eigenvalue weighted by molar-refractivity contribution is 5.77. The van der Waals surface area contributed by atoms with Crippen molar-refractivity contribution in [3.63, 3.8) is 0 Å². The van der Waals surface area contributed by atoms with Crippen LogP contribution in [-0.2, 0) is 9.53 Å². The number of hydrogen-bond donors (Lipinski definition) is 0. The number of carbonyl (C=O) groups is 1. The average Bonchev–Trinajstić information content (AvgIpc) is 2.18. The molecule has 0 aromatic heterocycles. The number of unbranched alkanes of at least 4 members (excludes halogenated alkanes) is 1. The summed E-state index contributed by atoms with van der Waals surface area (Å²) in [4.78, 5) is 17.5. The summed E-state index contributed by atoms with van der Waals surface area (Å²) < 4.78 is 5.10. The Bertz CT molecular complexity index is 203. The lowest BCUT2D eigenvalue weighted by molar-refractivity contribution is -0.145. The van der Waals surface area contributed by atoms with E-state index in [1.165, 1.54) is 0 Å². The van der Waals surface area contributed by atoms with Gasteiger partial charge in [-0.1, -0.05) is 20.3 Å². The quantitative estimate of drug-likeness (QED) is 0.280. The first kappa shape index (κ1) is 13.9. The van der Waals surface area contributed by atoms with E-state index >= 15 is 0 Å². The maximum atomic E-state index is 11.5. The van der Waals surface area contributed by atoms with E-state index in [0.29, 0.717) is 13.0 Å². The summed E-state index contributed by atoms with van der Waals surface area (Å²) in [5.41, 5.74) is 0. The van der Waals surface area contributed by atoms with E-state index in [1.807, 2.05) is 25.9 Å². The minimum Gasteiger partial charge on any atom is -0.464 e. The normalized spacial score (nSPS) is 12.8. The van der Waals surface area contributed by atoms with Crippen molar-refractivity contribution in [2.24, 2.45) is 4.99 Å². The lowest BCUT2D eigenvalue weighted by atomic mass is 10.2. The third-order valence-corrected chi connectivity index (χ3v) is 1.88. The van der Waals surface area contributed by atoms with Gasteiger partial charge in [0.25, 0.3) is 0 Å². The van der Waals surface area contributed by atoms with Crippen molar-refractivity contribution in [1.29, 1.82) is 0 Å². The Kier molecular flexibility index (Phi) is 7.68. The topological polar surface area (TPSA) is 41.9 Å². The summed E-state index contributed by atoms with van der Waals surface area (Å²) in [7, 11) is 3.75. The Balaban J connectivity index is 3.99. The summed E-state index contributed by atoms with van der Waals surface area (Å²) >= 11 is 0. The first-order valence-electron chi connectivity index (χ1n) is 5.48. The molecule has 0 aliphatic heterocycles. The fraction of sp³-hybridized carbons (Fsp3) is 0.818. The highest BCUT2D eigenvalue weighted by Gasteiger charge is 2.15. The zero-order valence-electron chi connectivity index (χ0n) is 10.2. The van der Waals surface area contributed by atoms with Gasteiger partial charge in [0.15, 0.2) is 0 Å². The first-order valence-corrected chi connectivity index (χ1v) is 5.48. The van der Waals surface area contributed by atoms with Gasteiger partial charge in [-0.25, -0.2) is 4.79 Å². The lowest BCUT2D eigenvalue weighted by Crippen LogP contribution is -2.23. The standard InChI is InChI=1S/C11H22N2O2/c1-5-7-8-15-11(14)10(6-2)12-9-13(3)4/h9-10H,5-8H2,1-4H3. The van der Waals surface area contributed by atoms with Crippen LogP contribution in [0.5, 0.6) is 0 Å². The molecule has 0 radical (unpaired) electrons. The zero-order chi connectivity index (χ0) is 11.7. The predicted molar refractivity (Wildman–Crippen MR) is 62.1 cm³/mol. The second-order valence-electron chi connectivity index (χ2n) is 3.67. The Morgan fingerprint density at radius 3 is 2.60 bits per heavy atom. The van der Waals surface area contributed by atoms with E-state index in [0.717, 1.165) is 12.8 Å². The summed E-state index contributed by atoms with van der Waals surface area (Å²) in [5, 5.41) is 0. The molecular formula is C11H22N2O2. The zero-order valence-corrected chi connectivity index (χ0v) is 10.2. The molecule has 4 nitrogen and oxygen atoms in total. The number of carbonyl (C=O) groups excluding carboxylic acids is 1. The molecule has 1 unspecified atom stereocenters.